The van der Waals surface area contributed by atoms with Gasteiger partial charge >= 0.3 is 0 Å². The van der Waals surface area contributed by atoms with Crippen molar-refractivity contribution in [2.24, 2.45) is 5.92 Å². The number of benzene rings is 1. The SMILES string of the molecule is COc1cccn(CC(=O)N(Cc2ccccc2Cl)CC(C)C)c1=O. The summed E-state index contributed by atoms with van der Waals surface area (Å²) in [6.07, 6.45) is 1.59. The Kier molecular flexibility index (Phi) is 6.65. The maximum atomic E-state index is 12.8. The van der Waals surface area contributed by atoms with Crippen molar-refractivity contribution in [1.29, 1.82) is 0 Å². The van der Waals surface area contributed by atoms with Gasteiger partial charge in [-0.1, -0.05) is 43.6 Å². The summed E-state index contributed by atoms with van der Waals surface area (Å²) in [7, 11) is 1.44. The molecule has 2 rings (SSSR count). The number of carbonyl (C=O) groups is 1. The summed E-state index contributed by atoms with van der Waals surface area (Å²) >= 11 is 6.22. The molecule has 1 heterocycles. The van der Waals surface area contributed by atoms with Crippen LogP contribution in [0.3, 0.4) is 0 Å². The zero-order chi connectivity index (χ0) is 18.4. The van der Waals surface area contributed by atoms with Crippen molar-refractivity contribution in [3.05, 3.63) is 63.5 Å². The Morgan fingerprint density at radius 1 is 1.24 bits per heavy atom. The first-order valence-corrected chi connectivity index (χ1v) is 8.54. The second-order valence-corrected chi connectivity index (χ2v) is 6.68. The molecule has 0 spiro atoms. The van der Waals surface area contributed by atoms with Crippen molar-refractivity contribution in [2.45, 2.75) is 26.9 Å². The van der Waals surface area contributed by atoms with Crippen LogP contribution in [0.4, 0.5) is 0 Å². The number of hydrogen-bond donors (Lipinski definition) is 0. The predicted molar refractivity (Wildman–Crippen MR) is 99.0 cm³/mol. The third-order valence-corrected chi connectivity index (χ3v) is 4.14. The van der Waals surface area contributed by atoms with Crippen molar-refractivity contribution in [2.75, 3.05) is 13.7 Å². The Morgan fingerprint density at radius 2 is 1.96 bits per heavy atom. The van der Waals surface area contributed by atoms with Gasteiger partial charge in [0.15, 0.2) is 5.75 Å². The number of rotatable bonds is 7. The third kappa shape index (κ3) is 5.10. The van der Waals surface area contributed by atoms with Crippen molar-refractivity contribution >= 4 is 17.5 Å². The number of pyridine rings is 1. The molecular formula is C19H23ClN2O3. The van der Waals surface area contributed by atoms with Gasteiger partial charge in [0.2, 0.25) is 5.91 Å². The van der Waals surface area contributed by atoms with Gasteiger partial charge < -0.3 is 14.2 Å². The number of hydrogen-bond acceptors (Lipinski definition) is 3. The molecule has 0 atom stereocenters. The van der Waals surface area contributed by atoms with Gasteiger partial charge in [-0.05, 0) is 29.7 Å². The van der Waals surface area contributed by atoms with Crippen molar-refractivity contribution < 1.29 is 9.53 Å². The van der Waals surface area contributed by atoms with E-state index in [-0.39, 0.29) is 23.8 Å². The second kappa shape index (κ2) is 8.72. The Hall–Kier alpha value is -2.27. The zero-order valence-corrected chi connectivity index (χ0v) is 15.5. The third-order valence-electron chi connectivity index (χ3n) is 3.77. The quantitative estimate of drug-likeness (QED) is 0.760. The summed E-state index contributed by atoms with van der Waals surface area (Å²) < 4.78 is 6.39. The second-order valence-electron chi connectivity index (χ2n) is 6.27. The highest BCUT2D eigenvalue weighted by molar-refractivity contribution is 6.31. The first kappa shape index (κ1) is 19.1. The first-order valence-electron chi connectivity index (χ1n) is 8.17. The average Bonchev–Trinajstić information content (AvgIpc) is 2.57. The maximum absolute atomic E-state index is 12.8. The molecule has 0 bridgehead atoms. The Morgan fingerprint density at radius 3 is 2.60 bits per heavy atom. The van der Waals surface area contributed by atoms with Crippen LogP contribution in [-0.4, -0.2) is 29.0 Å². The van der Waals surface area contributed by atoms with Gasteiger partial charge in [-0.2, -0.15) is 0 Å². The average molecular weight is 363 g/mol. The van der Waals surface area contributed by atoms with Crippen molar-refractivity contribution in [1.82, 2.24) is 9.47 Å². The molecule has 0 aliphatic rings. The molecule has 0 saturated carbocycles. The highest BCUT2D eigenvalue weighted by Gasteiger charge is 2.18. The monoisotopic (exact) mass is 362 g/mol. The van der Waals surface area contributed by atoms with E-state index in [0.29, 0.717) is 24.0 Å². The maximum Gasteiger partial charge on any atom is 0.293 e. The molecule has 0 saturated heterocycles. The molecule has 2 aromatic rings. The fourth-order valence-corrected chi connectivity index (χ4v) is 2.76. The molecule has 0 unspecified atom stereocenters. The van der Waals surface area contributed by atoms with E-state index in [2.05, 4.69) is 0 Å². The zero-order valence-electron chi connectivity index (χ0n) is 14.7. The molecule has 1 amide bonds. The van der Waals surface area contributed by atoms with Gasteiger partial charge in [0.1, 0.15) is 6.54 Å². The minimum atomic E-state index is -0.319. The Balaban J connectivity index is 2.21. The summed E-state index contributed by atoms with van der Waals surface area (Å²) in [6, 6.07) is 10.7. The molecule has 5 nitrogen and oxygen atoms in total. The number of amides is 1. The standard InChI is InChI=1S/C19H23ClN2O3/c1-14(2)11-22(12-15-7-4-5-8-16(15)20)18(23)13-21-10-6-9-17(25-3)19(21)24/h4-10,14H,11-13H2,1-3H3. The van der Waals surface area contributed by atoms with Crippen LogP contribution in [0, 0.1) is 5.92 Å². The van der Waals surface area contributed by atoms with Gasteiger partial charge in [0.25, 0.3) is 5.56 Å². The summed E-state index contributed by atoms with van der Waals surface area (Å²) in [4.78, 5) is 26.8. The molecule has 0 radical (unpaired) electrons. The van der Waals surface area contributed by atoms with Crippen molar-refractivity contribution in [3.63, 3.8) is 0 Å². The molecule has 0 aliphatic carbocycles. The van der Waals surface area contributed by atoms with Crippen molar-refractivity contribution in [3.8, 4) is 5.75 Å². The lowest BCUT2D eigenvalue weighted by molar-refractivity contribution is -0.133. The minimum Gasteiger partial charge on any atom is -0.491 e. The number of carbonyl (C=O) groups excluding carboxylic acids is 1. The van der Waals surface area contributed by atoms with Crippen LogP contribution in [0.1, 0.15) is 19.4 Å². The molecule has 1 aromatic heterocycles. The first-order chi connectivity index (χ1) is 11.9. The number of ether oxygens (including phenoxy) is 1. The topological polar surface area (TPSA) is 51.5 Å². The molecule has 6 heteroatoms. The predicted octanol–water partition coefficient (Wildman–Crippen LogP) is 3.20. The fraction of sp³-hybridized carbons (Fsp3) is 0.368. The summed E-state index contributed by atoms with van der Waals surface area (Å²) in [5.41, 5.74) is 0.566. The van der Waals surface area contributed by atoms with Gasteiger partial charge in [-0.3, -0.25) is 9.59 Å². The van der Waals surface area contributed by atoms with Crippen LogP contribution >= 0.6 is 11.6 Å². The minimum absolute atomic E-state index is 0.0345. The van der Waals surface area contributed by atoms with E-state index >= 15 is 0 Å². The molecule has 0 N–H and O–H groups in total. The van der Waals surface area contributed by atoms with Gasteiger partial charge in [0.05, 0.1) is 7.11 Å². The fourth-order valence-electron chi connectivity index (χ4n) is 2.57. The lowest BCUT2D eigenvalue weighted by Crippen LogP contribution is -2.38. The lowest BCUT2D eigenvalue weighted by atomic mass is 10.1. The summed E-state index contributed by atoms with van der Waals surface area (Å²) in [6.45, 7) is 5.06. The van der Waals surface area contributed by atoms with Crippen LogP contribution in [0.5, 0.6) is 5.75 Å². The smallest absolute Gasteiger partial charge is 0.293 e. The normalized spacial score (nSPS) is 10.8. The van der Waals surface area contributed by atoms with E-state index in [1.165, 1.54) is 11.7 Å². The van der Waals surface area contributed by atoms with E-state index < -0.39 is 0 Å². The highest BCUT2D eigenvalue weighted by Crippen LogP contribution is 2.18. The van der Waals surface area contributed by atoms with Gasteiger partial charge in [-0.15, -0.1) is 0 Å². The van der Waals surface area contributed by atoms with Crippen LogP contribution in [0.25, 0.3) is 0 Å². The molecular weight excluding hydrogens is 340 g/mol. The van der Waals surface area contributed by atoms with E-state index in [1.54, 1.807) is 23.2 Å². The number of nitrogens with zero attached hydrogens (tertiary/aromatic N) is 2. The summed E-state index contributed by atoms with van der Waals surface area (Å²) in [5, 5.41) is 0.627. The Labute approximate surface area is 152 Å². The number of methoxy groups -OCH3 is 1. The van der Waals surface area contributed by atoms with E-state index in [0.717, 1.165) is 5.56 Å². The van der Waals surface area contributed by atoms with Gasteiger partial charge in [0, 0.05) is 24.3 Å². The molecule has 0 fully saturated rings. The van der Waals surface area contributed by atoms with Crippen LogP contribution in [-0.2, 0) is 17.9 Å². The van der Waals surface area contributed by atoms with Crippen LogP contribution < -0.4 is 10.3 Å². The lowest BCUT2D eigenvalue weighted by Gasteiger charge is -2.25. The Bertz CT molecular complexity index is 786. The van der Waals surface area contributed by atoms with E-state index in [1.807, 2.05) is 38.1 Å². The molecule has 134 valence electrons. The molecule has 1 aromatic carbocycles. The number of halogens is 1. The number of aromatic nitrogens is 1. The van der Waals surface area contributed by atoms with Crippen LogP contribution in [0.15, 0.2) is 47.4 Å². The van der Waals surface area contributed by atoms with E-state index in [9.17, 15) is 9.59 Å². The van der Waals surface area contributed by atoms with Crippen LogP contribution in [0.2, 0.25) is 5.02 Å². The summed E-state index contributed by atoms with van der Waals surface area (Å²) in [5.74, 6) is 0.384. The molecule has 25 heavy (non-hydrogen) atoms. The largest absolute Gasteiger partial charge is 0.491 e. The van der Waals surface area contributed by atoms with Gasteiger partial charge in [-0.25, -0.2) is 0 Å². The highest BCUT2D eigenvalue weighted by atomic mass is 35.5. The van der Waals surface area contributed by atoms with E-state index in [4.69, 9.17) is 16.3 Å². The molecule has 0 aliphatic heterocycles.